The maximum atomic E-state index is 13.7. The molecule has 0 saturated carbocycles. The lowest BCUT2D eigenvalue weighted by Crippen LogP contribution is -2.31. The second kappa shape index (κ2) is 8.37. The molecule has 0 radical (unpaired) electrons. The van der Waals surface area contributed by atoms with E-state index in [1.807, 2.05) is 11.0 Å². The molecule has 1 amide bonds. The van der Waals surface area contributed by atoms with Gasteiger partial charge in [0.25, 0.3) is 0 Å². The molecular formula is C18H17FN4OS3. The van der Waals surface area contributed by atoms with Crippen LogP contribution in [0.15, 0.2) is 46.1 Å². The summed E-state index contributed by atoms with van der Waals surface area (Å²) in [5, 5.41) is 13.6. The van der Waals surface area contributed by atoms with Crippen molar-refractivity contribution >= 4 is 51.2 Å². The average molecular weight is 421 g/mol. The lowest BCUT2D eigenvalue weighted by atomic mass is 10.2. The largest absolute Gasteiger partial charge is 0.334 e. The molecule has 0 unspecified atom stereocenters. The van der Waals surface area contributed by atoms with Gasteiger partial charge in [0, 0.05) is 11.4 Å². The summed E-state index contributed by atoms with van der Waals surface area (Å²) in [6.07, 6.45) is 2.06. The van der Waals surface area contributed by atoms with Gasteiger partial charge in [-0.15, -0.1) is 21.5 Å². The predicted octanol–water partition coefficient (Wildman–Crippen LogP) is 4.94. The zero-order valence-electron chi connectivity index (χ0n) is 14.3. The third-order valence-electron chi connectivity index (χ3n) is 4.29. The average Bonchev–Trinajstić information content (AvgIpc) is 3.42. The summed E-state index contributed by atoms with van der Waals surface area (Å²) in [4.78, 5) is 15.9. The summed E-state index contributed by atoms with van der Waals surface area (Å²) >= 11 is 4.39. The van der Waals surface area contributed by atoms with Crippen LogP contribution in [0.3, 0.4) is 0 Å². The molecule has 0 spiro atoms. The van der Waals surface area contributed by atoms with E-state index in [-0.39, 0.29) is 17.8 Å². The third-order valence-corrected chi connectivity index (χ3v) is 7.22. The van der Waals surface area contributed by atoms with Gasteiger partial charge in [-0.25, -0.2) is 4.39 Å². The number of thiophene rings is 1. The predicted molar refractivity (Wildman–Crippen MR) is 108 cm³/mol. The first kappa shape index (κ1) is 18.4. The van der Waals surface area contributed by atoms with Crippen molar-refractivity contribution in [2.75, 3.05) is 17.6 Å². The number of carbonyl (C=O) groups excluding carboxylic acids is 1. The lowest BCUT2D eigenvalue weighted by Gasteiger charge is -2.23. The molecule has 1 fully saturated rings. The van der Waals surface area contributed by atoms with Crippen LogP contribution in [0, 0.1) is 5.82 Å². The molecule has 4 rings (SSSR count). The number of aromatic nitrogens is 2. The van der Waals surface area contributed by atoms with E-state index < -0.39 is 0 Å². The van der Waals surface area contributed by atoms with E-state index in [1.165, 1.54) is 34.0 Å². The molecule has 9 heteroatoms. The number of nitrogens with one attached hydrogen (secondary N) is 1. The van der Waals surface area contributed by atoms with Crippen molar-refractivity contribution in [3.05, 3.63) is 52.5 Å². The molecule has 27 heavy (non-hydrogen) atoms. The van der Waals surface area contributed by atoms with Crippen LogP contribution in [0.4, 0.5) is 15.2 Å². The Hall–Kier alpha value is -1.97. The highest BCUT2D eigenvalue weighted by Gasteiger charge is 2.30. The van der Waals surface area contributed by atoms with E-state index in [0.29, 0.717) is 20.9 Å². The minimum atomic E-state index is -0.342. The smallest absolute Gasteiger partial charge is 0.233 e. The highest BCUT2D eigenvalue weighted by atomic mass is 32.2. The minimum absolute atomic E-state index is 0.120. The van der Waals surface area contributed by atoms with E-state index in [9.17, 15) is 9.18 Å². The molecular weight excluding hydrogens is 403 g/mol. The van der Waals surface area contributed by atoms with Crippen molar-refractivity contribution in [1.82, 2.24) is 15.1 Å². The van der Waals surface area contributed by atoms with Gasteiger partial charge in [0.15, 0.2) is 4.34 Å². The van der Waals surface area contributed by atoms with Gasteiger partial charge in [-0.1, -0.05) is 41.3 Å². The second-order valence-corrected chi connectivity index (χ2v) is 9.21. The number of para-hydroxylation sites is 1. The van der Waals surface area contributed by atoms with Crippen LogP contribution in [0.25, 0.3) is 0 Å². The number of amides is 1. The van der Waals surface area contributed by atoms with Crippen LogP contribution >= 0.6 is 34.4 Å². The number of nitrogens with zero attached hydrogens (tertiary/aromatic N) is 3. The standard InChI is InChI=1S/C18H17FN4OS3/c19-12-5-1-2-6-13(12)20-17-21-22-18(27-17)26-11-16(24)23-9-3-7-14(23)15-8-4-10-25-15/h1-2,4-6,8,10,14H,3,7,9,11H2,(H,20,21)/t14-/m0/s1. The van der Waals surface area contributed by atoms with Crippen LogP contribution in [0.5, 0.6) is 0 Å². The van der Waals surface area contributed by atoms with Crippen molar-refractivity contribution in [3.63, 3.8) is 0 Å². The van der Waals surface area contributed by atoms with Gasteiger partial charge in [-0.2, -0.15) is 0 Å². The van der Waals surface area contributed by atoms with Gasteiger partial charge in [0.2, 0.25) is 11.0 Å². The van der Waals surface area contributed by atoms with Crippen molar-refractivity contribution in [1.29, 1.82) is 0 Å². The van der Waals surface area contributed by atoms with E-state index >= 15 is 0 Å². The number of hydrogen-bond donors (Lipinski definition) is 1. The number of anilines is 2. The number of rotatable bonds is 6. The summed E-state index contributed by atoms with van der Waals surface area (Å²) in [5.41, 5.74) is 0.358. The van der Waals surface area contributed by atoms with Gasteiger partial charge in [0.1, 0.15) is 5.82 Å². The fraction of sp³-hybridized carbons (Fsp3) is 0.278. The normalized spacial score (nSPS) is 16.6. The molecule has 1 aliphatic heterocycles. The first-order valence-electron chi connectivity index (χ1n) is 8.51. The minimum Gasteiger partial charge on any atom is -0.334 e. The summed E-state index contributed by atoms with van der Waals surface area (Å²) in [6.45, 7) is 0.804. The van der Waals surface area contributed by atoms with E-state index in [2.05, 4.69) is 27.0 Å². The lowest BCUT2D eigenvalue weighted by molar-refractivity contribution is -0.129. The fourth-order valence-corrected chi connectivity index (χ4v) is 5.57. The number of halogens is 1. The van der Waals surface area contributed by atoms with Crippen molar-refractivity contribution in [2.45, 2.75) is 23.2 Å². The Morgan fingerprint density at radius 2 is 2.19 bits per heavy atom. The number of benzene rings is 1. The fourth-order valence-electron chi connectivity index (χ4n) is 3.04. The van der Waals surface area contributed by atoms with Crippen molar-refractivity contribution in [2.24, 2.45) is 0 Å². The maximum absolute atomic E-state index is 13.7. The second-order valence-electron chi connectivity index (χ2n) is 6.03. The van der Waals surface area contributed by atoms with Crippen LogP contribution in [0.1, 0.15) is 23.8 Å². The van der Waals surface area contributed by atoms with E-state index in [0.717, 1.165) is 19.4 Å². The molecule has 2 aromatic heterocycles. The topological polar surface area (TPSA) is 58.1 Å². The Kier molecular flexibility index (Phi) is 5.70. The monoisotopic (exact) mass is 420 g/mol. The first-order chi connectivity index (χ1) is 13.2. The number of hydrogen-bond acceptors (Lipinski definition) is 7. The Balaban J connectivity index is 1.34. The molecule has 0 bridgehead atoms. The molecule has 3 aromatic rings. The number of likely N-dealkylation sites (tertiary alicyclic amines) is 1. The molecule has 5 nitrogen and oxygen atoms in total. The van der Waals surface area contributed by atoms with Gasteiger partial charge in [-0.3, -0.25) is 4.79 Å². The third kappa shape index (κ3) is 4.31. The highest BCUT2D eigenvalue weighted by Crippen LogP contribution is 2.35. The van der Waals surface area contributed by atoms with Crippen LogP contribution in [-0.4, -0.2) is 33.3 Å². The number of carbonyl (C=O) groups is 1. The quantitative estimate of drug-likeness (QED) is 0.573. The zero-order valence-corrected chi connectivity index (χ0v) is 16.7. The molecule has 140 valence electrons. The Morgan fingerprint density at radius 3 is 3.00 bits per heavy atom. The van der Waals surface area contributed by atoms with Crippen LogP contribution in [-0.2, 0) is 4.79 Å². The van der Waals surface area contributed by atoms with Crippen LogP contribution < -0.4 is 5.32 Å². The van der Waals surface area contributed by atoms with Gasteiger partial charge in [-0.05, 0) is 36.4 Å². The van der Waals surface area contributed by atoms with Gasteiger partial charge in [0.05, 0.1) is 17.5 Å². The SMILES string of the molecule is O=C(CSc1nnc(Nc2ccccc2F)s1)N1CCC[C@H]1c1cccs1. The molecule has 3 heterocycles. The Bertz CT molecular complexity index is 915. The van der Waals surface area contributed by atoms with Crippen molar-refractivity contribution in [3.8, 4) is 0 Å². The molecule has 1 saturated heterocycles. The number of thioether (sulfide) groups is 1. The molecule has 1 atom stereocenters. The molecule has 0 aliphatic carbocycles. The summed E-state index contributed by atoms with van der Waals surface area (Å²) in [6, 6.07) is 10.7. The molecule has 1 aromatic carbocycles. The van der Waals surface area contributed by atoms with Gasteiger partial charge < -0.3 is 10.2 Å². The Morgan fingerprint density at radius 1 is 1.30 bits per heavy atom. The van der Waals surface area contributed by atoms with Crippen molar-refractivity contribution < 1.29 is 9.18 Å². The first-order valence-corrected chi connectivity index (χ1v) is 11.2. The van der Waals surface area contributed by atoms with E-state index in [1.54, 1.807) is 29.5 Å². The van der Waals surface area contributed by atoms with Gasteiger partial charge >= 0.3 is 0 Å². The Labute approximate surface area is 168 Å². The maximum Gasteiger partial charge on any atom is 0.233 e. The summed E-state index contributed by atoms with van der Waals surface area (Å²) < 4.78 is 14.4. The van der Waals surface area contributed by atoms with E-state index in [4.69, 9.17) is 0 Å². The summed E-state index contributed by atoms with van der Waals surface area (Å²) in [5.74, 6) is 0.108. The summed E-state index contributed by atoms with van der Waals surface area (Å²) in [7, 11) is 0. The highest BCUT2D eigenvalue weighted by molar-refractivity contribution is 8.01. The van der Waals surface area contributed by atoms with Crippen LogP contribution in [0.2, 0.25) is 0 Å². The molecule has 1 N–H and O–H groups in total. The molecule has 1 aliphatic rings. The zero-order chi connectivity index (χ0) is 18.6.